The van der Waals surface area contributed by atoms with Crippen LogP contribution in [0.2, 0.25) is 0 Å². The van der Waals surface area contributed by atoms with Gasteiger partial charge in [-0.15, -0.1) is 11.8 Å². The molecule has 0 aliphatic carbocycles. The number of hydrogen-bond acceptors (Lipinski definition) is 3. The molecule has 0 aliphatic heterocycles. The highest BCUT2D eigenvalue weighted by Crippen LogP contribution is 2.13. The molecule has 0 saturated heterocycles. The molecule has 0 spiro atoms. The summed E-state index contributed by atoms with van der Waals surface area (Å²) in [5.41, 5.74) is 1.79. The number of carbonyl (C=O) groups is 2. The molecule has 5 heteroatoms. The molecule has 1 aromatic carbocycles. The molecule has 1 aromatic rings. The minimum Gasteiger partial charge on any atom is -0.357 e. The Labute approximate surface area is 124 Å². The highest BCUT2D eigenvalue weighted by Gasteiger charge is 2.21. The predicted octanol–water partition coefficient (Wildman–Crippen LogP) is 1.90. The van der Waals surface area contributed by atoms with E-state index in [1.807, 2.05) is 37.3 Å². The molecule has 2 amide bonds. The van der Waals surface area contributed by atoms with Crippen LogP contribution in [0.4, 0.5) is 0 Å². The fourth-order valence-corrected chi connectivity index (χ4v) is 2.33. The van der Waals surface area contributed by atoms with Crippen LogP contribution in [-0.4, -0.2) is 30.4 Å². The van der Waals surface area contributed by atoms with E-state index in [1.165, 1.54) is 11.8 Å². The van der Waals surface area contributed by atoms with Crippen LogP contribution in [0.3, 0.4) is 0 Å². The molecule has 0 aromatic heterocycles. The summed E-state index contributed by atoms with van der Waals surface area (Å²) >= 11 is 1.48. The van der Waals surface area contributed by atoms with Gasteiger partial charge < -0.3 is 10.6 Å². The van der Waals surface area contributed by atoms with Crippen LogP contribution in [-0.2, 0) is 9.59 Å². The molecule has 0 heterocycles. The van der Waals surface area contributed by atoms with Crippen LogP contribution in [0, 0.1) is 0 Å². The Morgan fingerprint density at radius 1 is 1.25 bits per heavy atom. The molecule has 2 N–H and O–H groups in total. The van der Waals surface area contributed by atoms with Gasteiger partial charge in [-0.25, -0.2) is 0 Å². The smallest absolute Gasteiger partial charge is 0.246 e. The highest BCUT2D eigenvalue weighted by molar-refractivity contribution is 8.00. The summed E-state index contributed by atoms with van der Waals surface area (Å²) in [5, 5.41) is 5.32. The molecule has 1 atom stereocenters. The van der Waals surface area contributed by atoms with Crippen molar-refractivity contribution >= 4 is 23.6 Å². The summed E-state index contributed by atoms with van der Waals surface area (Å²) in [5.74, 6) is 0.666. The summed E-state index contributed by atoms with van der Waals surface area (Å²) in [6.45, 7) is 5.70. The van der Waals surface area contributed by atoms with Crippen LogP contribution >= 0.6 is 11.8 Å². The van der Waals surface area contributed by atoms with E-state index in [9.17, 15) is 9.59 Å². The van der Waals surface area contributed by atoms with Crippen LogP contribution < -0.4 is 10.6 Å². The minimum absolute atomic E-state index is 0.159. The first-order valence-corrected chi connectivity index (χ1v) is 7.48. The summed E-state index contributed by atoms with van der Waals surface area (Å²) in [6.07, 6.45) is 0. The maximum Gasteiger partial charge on any atom is 0.246 e. The van der Waals surface area contributed by atoms with Crippen LogP contribution in [0.25, 0.3) is 0 Å². The van der Waals surface area contributed by atoms with Crippen LogP contribution in [0.1, 0.15) is 18.5 Å². The molecular weight excluding hydrogens is 272 g/mol. The van der Waals surface area contributed by atoms with Crippen molar-refractivity contribution in [1.82, 2.24) is 10.6 Å². The van der Waals surface area contributed by atoms with Gasteiger partial charge in [0, 0.05) is 12.8 Å². The molecule has 0 fully saturated rings. The fraction of sp³-hybridized carbons (Fsp3) is 0.333. The normalized spacial score (nSPS) is 11.5. The molecule has 0 radical (unpaired) electrons. The maximum atomic E-state index is 11.9. The summed E-state index contributed by atoms with van der Waals surface area (Å²) in [7, 11) is 1.56. The van der Waals surface area contributed by atoms with E-state index in [4.69, 9.17) is 0 Å². The van der Waals surface area contributed by atoms with Crippen molar-refractivity contribution in [2.75, 3.05) is 18.6 Å². The second kappa shape index (κ2) is 8.43. The number of rotatable bonds is 7. The standard InChI is InChI=1S/C15H20N2O2S/c1-11(2)9-20-10-13(18)17-14(15(19)16-3)12-7-5-4-6-8-12/h4-8,14H,1,9-10H2,2-3H3,(H,16,19)(H,17,18)/t14-/m1/s1. The molecule has 0 aliphatic rings. The van der Waals surface area contributed by atoms with Crippen molar-refractivity contribution in [2.45, 2.75) is 13.0 Å². The summed E-state index contributed by atoms with van der Waals surface area (Å²) in [6, 6.07) is 8.54. The lowest BCUT2D eigenvalue weighted by molar-refractivity contribution is -0.127. The van der Waals surface area contributed by atoms with Crippen molar-refractivity contribution in [3.8, 4) is 0 Å². The molecule has 20 heavy (non-hydrogen) atoms. The zero-order valence-electron chi connectivity index (χ0n) is 11.8. The number of hydrogen-bond donors (Lipinski definition) is 2. The Morgan fingerprint density at radius 2 is 1.90 bits per heavy atom. The number of benzene rings is 1. The van der Waals surface area contributed by atoms with Gasteiger partial charge in [-0.1, -0.05) is 42.5 Å². The Balaban J connectivity index is 2.64. The number of thioether (sulfide) groups is 1. The van der Waals surface area contributed by atoms with E-state index < -0.39 is 6.04 Å². The zero-order chi connectivity index (χ0) is 15.0. The van der Waals surface area contributed by atoms with Gasteiger partial charge in [-0.05, 0) is 12.5 Å². The van der Waals surface area contributed by atoms with E-state index in [0.29, 0.717) is 5.75 Å². The van der Waals surface area contributed by atoms with Crippen LogP contribution in [0.5, 0.6) is 0 Å². The van der Waals surface area contributed by atoms with E-state index in [2.05, 4.69) is 17.2 Å². The first-order valence-electron chi connectivity index (χ1n) is 6.32. The van der Waals surface area contributed by atoms with Crippen molar-refractivity contribution in [3.63, 3.8) is 0 Å². The average Bonchev–Trinajstić information content (AvgIpc) is 2.44. The Kier molecular flexibility index (Phi) is 6.87. The third-order valence-electron chi connectivity index (χ3n) is 2.53. The third kappa shape index (κ3) is 5.48. The number of carbonyl (C=O) groups excluding carboxylic acids is 2. The van der Waals surface area contributed by atoms with Gasteiger partial charge in [0.15, 0.2) is 0 Å². The van der Waals surface area contributed by atoms with Crippen molar-refractivity contribution in [2.24, 2.45) is 0 Å². The predicted molar refractivity (Wildman–Crippen MR) is 83.5 cm³/mol. The molecule has 0 unspecified atom stereocenters. The van der Waals surface area contributed by atoms with Gasteiger partial charge >= 0.3 is 0 Å². The molecule has 4 nitrogen and oxygen atoms in total. The first kappa shape index (κ1) is 16.3. The molecule has 108 valence electrons. The summed E-state index contributed by atoms with van der Waals surface area (Å²) in [4.78, 5) is 23.8. The lowest BCUT2D eigenvalue weighted by atomic mass is 10.1. The molecular formula is C15H20N2O2S. The maximum absolute atomic E-state index is 11.9. The monoisotopic (exact) mass is 292 g/mol. The molecule has 0 bridgehead atoms. The average molecular weight is 292 g/mol. The largest absolute Gasteiger partial charge is 0.357 e. The zero-order valence-corrected chi connectivity index (χ0v) is 12.6. The van der Waals surface area contributed by atoms with Crippen molar-refractivity contribution in [1.29, 1.82) is 0 Å². The highest BCUT2D eigenvalue weighted by atomic mass is 32.2. The lowest BCUT2D eigenvalue weighted by Crippen LogP contribution is -2.39. The number of likely N-dealkylation sites (N-methyl/N-ethyl adjacent to an activating group) is 1. The van der Waals surface area contributed by atoms with Gasteiger partial charge in [-0.2, -0.15) is 0 Å². The van der Waals surface area contributed by atoms with E-state index in [1.54, 1.807) is 7.05 Å². The van der Waals surface area contributed by atoms with E-state index >= 15 is 0 Å². The summed E-state index contributed by atoms with van der Waals surface area (Å²) < 4.78 is 0. The second-order valence-electron chi connectivity index (χ2n) is 4.48. The lowest BCUT2D eigenvalue weighted by Gasteiger charge is -2.17. The first-order chi connectivity index (χ1) is 9.54. The Bertz CT molecular complexity index is 474. The quantitative estimate of drug-likeness (QED) is 0.755. The van der Waals surface area contributed by atoms with Gasteiger partial charge in [-0.3, -0.25) is 9.59 Å². The Morgan fingerprint density at radius 3 is 2.45 bits per heavy atom. The van der Waals surface area contributed by atoms with Crippen molar-refractivity contribution < 1.29 is 9.59 Å². The number of amides is 2. The van der Waals surface area contributed by atoms with Gasteiger partial charge in [0.2, 0.25) is 11.8 Å². The van der Waals surface area contributed by atoms with Crippen LogP contribution in [0.15, 0.2) is 42.5 Å². The van der Waals surface area contributed by atoms with E-state index in [0.717, 1.165) is 16.9 Å². The second-order valence-corrected chi connectivity index (χ2v) is 5.46. The minimum atomic E-state index is -0.654. The van der Waals surface area contributed by atoms with Crippen molar-refractivity contribution in [3.05, 3.63) is 48.0 Å². The third-order valence-corrected chi connectivity index (χ3v) is 3.69. The number of nitrogens with one attached hydrogen (secondary N) is 2. The van der Waals surface area contributed by atoms with Gasteiger partial charge in [0.05, 0.1) is 5.75 Å². The Hall–Kier alpha value is -1.75. The van der Waals surface area contributed by atoms with Gasteiger partial charge in [0.25, 0.3) is 0 Å². The fourth-order valence-electron chi connectivity index (χ4n) is 1.61. The van der Waals surface area contributed by atoms with Gasteiger partial charge in [0.1, 0.15) is 6.04 Å². The molecule has 0 saturated carbocycles. The topological polar surface area (TPSA) is 58.2 Å². The SMILES string of the molecule is C=C(C)CSCC(=O)N[C@@H](C(=O)NC)c1ccccc1. The van der Waals surface area contributed by atoms with E-state index in [-0.39, 0.29) is 11.8 Å². The molecule has 1 rings (SSSR count).